The minimum atomic E-state index is -0.290. The number of carbonyl (C=O) groups is 2. The highest BCUT2D eigenvalue weighted by Crippen LogP contribution is 2.30. The Kier molecular flexibility index (Phi) is 2.65. The number of nitrogens with one attached hydrogen (secondary N) is 1. The number of rotatable bonds is 1. The quantitative estimate of drug-likeness (QED) is 0.802. The molecule has 3 heterocycles. The number of nitrogens with zero attached hydrogens (tertiary/aromatic N) is 2. The Hall–Kier alpha value is -2.14. The highest BCUT2D eigenvalue weighted by Gasteiger charge is 2.40. The molecule has 2 aromatic rings. The second-order valence-corrected chi connectivity index (χ2v) is 5.86. The van der Waals surface area contributed by atoms with E-state index in [0.717, 1.165) is 18.5 Å². The van der Waals surface area contributed by atoms with Crippen molar-refractivity contribution < 1.29 is 9.59 Å². The fourth-order valence-corrected chi connectivity index (χ4v) is 3.50. The van der Waals surface area contributed by atoms with Crippen molar-refractivity contribution in [3.05, 3.63) is 35.5 Å². The van der Waals surface area contributed by atoms with Crippen molar-refractivity contribution in [3.63, 3.8) is 0 Å². The summed E-state index contributed by atoms with van der Waals surface area (Å²) in [4.78, 5) is 30.7. The summed E-state index contributed by atoms with van der Waals surface area (Å²) in [7, 11) is 1.57. The molecule has 1 aromatic heterocycles. The summed E-state index contributed by atoms with van der Waals surface area (Å²) in [6.45, 7) is 1.54. The first-order valence-corrected chi connectivity index (χ1v) is 7.28. The largest absolute Gasteiger partial charge is 0.357 e. The second kappa shape index (κ2) is 4.43. The lowest BCUT2D eigenvalue weighted by Crippen LogP contribution is -2.43. The van der Waals surface area contributed by atoms with Crippen molar-refractivity contribution >= 4 is 22.7 Å². The number of aromatic amines is 1. The Morgan fingerprint density at radius 2 is 2.05 bits per heavy atom. The van der Waals surface area contributed by atoms with Crippen molar-refractivity contribution in [1.82, 2.24) is 14.8 Å². The van der Waals surface area contributed by atoms with E-state index >= 15 is 0 Å². The summed E-state index contributed by atoms with van der Waals surface area (Å²) < 4.78 is 0. The SMILES string of the molecule is CN1C(=O)CC(N2CCc3c([nH]c4ccccc34)C2)C1=O. The van der Waals surface area contributed by atoms with Crippen LogP contribution in [-0.2, 0) is 22.6 Å². The van der Waals surface area contributed by atoms with E-state index in [0.29, 0.717) is 13.0 Å². The van der Waals surface area contributed by atoms with Gasteiger partial charge < -0.3 is 4.98 Å². The first-order chi connectivity index (χ1) is 10.1. The van der Waals surface area contributed by atoms with Gasteiger partial charge >= 0.3 is 0 Å². The van der Waals surface area contributed by atoms with E-state index in [2.05, 4.69) is 28.1 Å². The van der Waals surface area contributed by atoms with Gasteiger partial charge in [0, 0.05) is 36.7 Å². The van der Waals surface area contributed by atoms with Crippen LogP contribution < -0.4 is 0 Å². The fraction of sp³-hybridized carbons (Fsp3) is 0.375. The van der Waals surface area contributed by atoms with Gasteiger partial charge in [0.15, 0.2) is 0 Å². The molecule has 0 radical (unpaired) electrons. The summed E-state index contributed by atoms with van der Waals surface area (Å²) >= 11 is 0. The average molecular weight is 283 g/mol. The Morgan fingerprint density at radius 1 is 1.24 bits per heavy atom. The predicted octanol–water partition coefficient (Wildman–Crippen LogP) is 1.28. The molecule has 5 nitrogen and oxygen atoms in total. The van der Waals surface area contributed by atoms with Crippen LogP contribution in [0, 0.1) is 0 Å². The number of amides is 2. The Balaban J connectivity index is 1.65. The minimum Gasteiger partial charge on any atom is -0.357 e. The third-order valence-electron chi connectivity index (χ3n) is 4.71. The number of aromatic nitrogens is 1. The van der Waals surface area contributed by atoms with Crippen LogP contribution in [0.15, 0.2) is 24.3 Å². The Labute approximate surface area is 122 Å². The molecule has 5 heteroatoms. The molecule has 1 N–H and O–H groups in total. The number of fused-ring (bicyclic) bond motifs is 3. The van der Waals surface area contributed by atoms with Gasteiger partial charge in [0.2, 0.25) is 11.8 Å². The van der Waals surface area contributed by atoms with E-state index in [1.54, 1.807) is 7.05 Å². The zero-order chi connectivity index (χ0) is 14.6. The molecule has 1 aromatic carbocycles. The van der Waals surface area contributed by atoms with E-state index in [4.69, 9.17) is 0 Å². The summed E-state index contributed by atoms with van der Waals surface area (Å²) in [6.07, 6.45) is 1.23. The number of likely N-dealkylation sites (tertiary alicyclic amines) is 1. The van der Waals surface area contributed by atoms with E-state index in [-0.39, 0.29) is 17.9 Å². The van der Waals surface area contributed by atoms with Gasteiger partial charge in [-0.15, -0.1) is 0 Å². The molecule has 4 rings (SSSR count). The molecular formula is C16H17N3O2. The highest BCUT2D eigenvalue weighted by atomic mass is 16.2. The van der Waals surface area contributed by atoms with E-state index in [9.17, 15) is 9.59 Å². The van der Waals surface area contributed by atoms with Gasteiger partial charge in [-0.1, -0.05) is 18.2 Å². The van der Waals surface area contributed by atoms with Gasteiger partial charge in [-0.25, -0.2) is 0 Å². The molecule has 1 atom stereocenters. The lowest BCUT2D eigenvalue weighted by Gasteiger charge is -2.30. The first-order valence-electron chi connectivity index (χ1n) is 7.28. The zero-order valence-corrected chi connectivity index (χ0v) is 11.9. The normalized spacial score (nSPS) is 23.1. The Bertz CT molecular complexity index is 749. The Morgan fingerprint density at radius 3 is 2.81 bits per heavy atom. The third kappa shape index (κ3) is 1.81. The molecule has 21 heavy (non-hydrogen) atoms. The smallest absolute Gasteiger partial charge is 0.246 e. The topological polar surface area (TPSA) is 56.4 Å². The number of hydrogen-bond acceptors (Lipinski definition) is 3. The van der Waals surface area contributed by atoms with Crippen molar-refractivity contribution in [1.29, 1.82) is 0 Å². The van der Waals surface area contributed by atoms with Crippen molar-refractivity contribution in [2.45, 2.75) is 25.4 Å². The van der Waals surface area contributed by atoms with Crippen molar-refractivity contribution in [2.24, 2.45) is 0 Å². The van der Waals surface area contributed by atoms with Gasteiger partial charge in [0.25, 0.3) is 0 Å². The van der Waals surface area contributed by atoms with Crippen LogP contribution in [0.5, 0.6) is 0 Å². The van der Waals surface area contributed by atoms with E-state index in [1.807, 2.05) is 6.07 Å². The molecule has 2 amide bonds. The molecule has 0 saturated carbocycles. The summed E-state index contributed by atoms with van der Waals surface area (Å²) in [5, 5.41) is 1.28. The lowest BCUT2D eigenvalue weighted by atomic mass is 10.0. The molecule has 1 saturated heterocycles. The first kappa shape index (κ1) is 12.6. The van der Waals surface area contributed by atoms with Crippen LogP contribution in [0.4, 0.5) is 0 Å². The van der Waals surface area contributed by atoms with Crippen LogP contribution >= 0.6 is 0 Å². The number of likely N-dealkylation sites (N-methyl/N-ethyl adjacent to an activating group) is 1. The van der Waals surface area contributed by atoms with Gasteiger partial charge in [-0.05, 0) is 18.1 Å². The van der Waals surface area contributed by atoms with Gasteiger partial charge in [0.1, 0.15) is 0 Å². The number of H-pyrrole nitrogens is 1. The van der Waals surface area contributed by atoms with Crippen LogP contribution in [-0.4, -0.2) is 46.2 Å². The molecule has 0 aliphatic carbocycles. The van der Waals surface area contributed by atoms with E-state index < -0.39 is 0 Å². The van der Waals surface area contributed by atoms with Gasteiger partial charge in [-0.3, -0.25) is 19.4 Å². The van der Waals surface area contributed by atoms with Crippen molar-refractivity contribution in [2.75, 3.05) is 13.6 Å². The van der Waals surface area contributed by atoms with E-state index in [1.165, 1.54) is 21.5 Å². The highest BCUT2D eigenvalue weighted by molar-refractivity contribution is 6.05. The summed E-state index contributed by atoms with van der Waals surface area (Å²) in [5.74, 6) is -0.146. The standard InChI is InChI=1S/C16H17N3O2/c1-18-15(20)8-14(16(18)21)19-7-6-11-10-4-2-3-5-12(10)17-13(11)9-19/h2-5,14,17H,6-9H2,1H3. The van der Waals surface area contributed by atoms with Gasteiger partial charge in [-0.2, -0.15) is 0 Å². The van der Waals surface area contributed by atoms with Crippen LogP contribution in [0.3, 0.4) is 0 Å². The molecule has 2 aliphatic rings. The van der Waals surface area contributed by atoms with Gasteiger partial charge in [0.05, 0.1) is 12.5 Å². The molecule has 108 valence electrons. The summed E-state index contributed by atoms with van der Waals surface area (Å²) in [6, 6.07) is 8.00. The number of benzene rings is 1. The maximum absolute atomic E-state index is 12.2. The predicted molar refractivity (Wildman–Crippen MR) is 78.6 cm³/mol. The average Bonchev–Trinajstić information content (AvgIpc) is 2.99. The molecule has 0 bridgehead atoms. The lowest BCUT2D eigenvalue weighted by molar-refractivity contribution is -0.138. The van der Waals surface area contributed by atoms with Crippen molar-refractivity contribution in [3.8, 4) is 0 Å². The number of imide groups is 1. The molecular weight excluding hydrogens is 266 g/mol. The number of para-hydroxylation sites is 1. The zero-order valence-electron chi connectivity index (χ0n) is 11.9. The molecule has 2 aliphatic heterocycles. The number of hydrogen-bond donors (Lipinski definition) is 1. The second-order valence-electron chi connectivity index (χ2n) is 5.86. The number of carbonyl (C=O) groups excluding carboxylic acids is 2. The molecule has 1 unspecified atom stereocenters. The maximum Gasteiger partial charge on any atom is 0.246 e. The monoisotopic (exact) mass is 283 g/mol. The van der Waals surface area contributed by atoms with Crippen LogP contribution in [0.2, 0.25) is 0 Å². The third-order valence-corrected chi connectivity index (χ3v) is 4.71. The fourth-order valence-electron chi connectivity index (χ4n) is 3.50. The molecule has 0 spiro atoms. The molecule has 1 fully saturated rings. The minimum absolute atomic E-state index is 0.0699. The summed E-state index contributed by atoms with van der Waals surface area (Å²) in [5.41, 5.74) is 3.68. The maximum atomic E-state index is 12.2. The van der Waals surface area contributed by atoms with Crippen LogP contribution in [0.25, 0.3) is 10.9 Å². The van der Waals surface area contributed by atoms with Crippen LogP contribution in [0.1, 0.15) is 17.7 Å².